The van der Waals surface area contributed by atoms with E-state index in [1.165, 1.54) is 12.3 Å². The lowest BCUT2D eigenvalue weighted by molar-refractivity contribution is -0.120. The number of benzene rings is 2. The Balaban J connectivity index is 1.83. The quantitative estimate of drug-likeness (QED) is 0.400. The van der Waals surface area contributed by atoms with E-state index in [-0.39, 0.29) is 35.9 Å². The Hall–Kier alpha value is -2.77. The van der Waals surface area contributed by atoms with E-state index < -0.39 is 0 Å². The largest absolute Gasteiger partial charge is 0.490 e. The van der Waals surface area contributed by atoms with Gasteiger partial charge in [-0.2, -0.15) is 5.10 Å². The number of nitrogens with zero attached hydrogens (tertiary/aromatic N) is 1. The van der Waals surface area contributed by atoms with Gasteiger partial charge in [-0.1, -0.05) is 23.2 Å². The second kappa shape index (κ2) is 12.2. The Morgan fingerprint density at radius 3 is 2.55 bits per heavy atom. The first kappa shape index (κ1) is 24.5. The van der Waals surface area contributed by atoms with E-state index in [1.54, 1.807) is 24.3 Å². The molecule has 0 unspecified atom stereocenters. The fraction of sp³-hybridized carbons (Fsp3) is 0.318. The first-order valence-electron chi connectivity index (χ1n) is 9.78. The van der Waals surface area contributed by atoms with Crippen molar-refractivity contribution in [1.29, 1.82) is 0 Å². The molecule has 0 atom stereocenters. The monoisotopic (exact) mass is 465 g/mol. The lowest BCUT2D eigenvalue weighted by Gasteiger charge is -2.14. The van der Waals surface area contributed by atoms with Gasteiger partial charge >= 0.3 is 0 Å². The number of hydrogen-bond donors (Lipinski definition) is 2. The van der Waals surface area contributed by atoms with Crippen LogP contribution in [0, 0.1) is 0 Å². The third kappa shape index (κ3) is 8.11. The molecule has 2 amide bonds. The number of carbonyl (C=O) groups is 2. The van der Waals surface area contributed by atoms with E-state index in [4.69, 9.17) is 32.7 Å². The summed E-state index contributed by atoms with van der Waals surface area (Å²) >= 11 is 11.7. The summed E-state index contributed by atoms with van der Waals surface area (Å²) in [4.78, 5) is 24.0. The number of carbonyl (C=O) groups excluding carboxylic acids is 2. The minimum absolute atomic E-state index is 0.0233. The SMILES string of the molecule is CCOc1cc(C=NNC(=O)CCNC(=O)c2ccc(Cl)c(Cl)c2)ccc1OC(C)C. The molecule has 166 valence electrons. The van der Waals surface area contributed by atoms with Crippen molar-refractivity contribution < 1.29 is 19.1 Å². The lowest BCUT2D eigenvalue weighted by Crippen LogP contribution is -2.29. The number of rotatable bonds is 10. The molecule has 0 spiro atoms. The molecule has 0 aliphatic rings. The molecule has 0 radical (unpaired) electrons. The number of halogens is 2. The zero-order valence-electron chi connectivity index (χ0n) is 17.6. The maximum atomic E-state index is 12.1. The summed E-state index contributed by atoms with van der Waals surface area (Å²) in [6, 6.07) is 9.96. The van der Waals surface area contributed by atoms with E-state index in [9.17, 15) is 9.59 Å². The van der Waals surface area contributed by atoms with Gasteiger partial charge in [0, 0.05) is 18.5 Å². The summed E-state index contributed by atoms with van der Waals surface area (Å²) in [5, 5.41) is 7.25. The number of ether oxygens (including phenoxy) is 2. The standard InChI is InChI=1S/C22H25Cl2N3O4/c1-4-30-20-11-15(5-8-19(20)31-14(2)3)13-26-27-21(28)9-10-25-22(29)16-6-7-17(23)18(24)12-16/h5-8,11-14H,4,9-10H2,1-3H3,(H,25,29)(H,27,28). The minimum Gasteiger partial charge on any atom is -0.490 e. The predicted molar refractivity (Wildman–Crippen MR) is 123 cm³/mol. The Kier molecular flexibility index (Phi) is 9.62. The van der Waals surface area contributed by atoms with E-state index in [0.717, 1.165) is 5.56 Å². The van der Waals surface area contributed by atoms with Gasteiger partial charge in [0.1, 0.15) is 0 Å². The summed E-state index contributed by atoms with van der Waals surface area (Å²) < 4.78 is 11.3. The molecule has 0 heterocycles. The molecule has 2 aromatic rings. The van der Waals surface area contributed by atoms with Crippen LogP contribution in [0.15, 0.2) is 41.5 Å². The zero-order chi connectivity index (χ0) is 22.8. The van der Waals surface area contributed by atoms with Crippen molar-refractivity contribution in [1.82, 2.24) is 10.7 Å². The van der Waals surface area contributed by atoms with Crippen molar-refractivity contribution >= 4 is 41.2 Å². The maximum Gasteiger partial charge on any atom is 0.251 e. The van der Waals surface area contributed by atoms with E-state index in [1.807, 2.05) is 26.8 Å². The van der Waals surface area contributed by atoms with Crippen LogP contribution in [-0.4, -0.2) is 37.3 Å². The molecule has 9 heteroatoms. The van der Waals surface area contributed by atoms with Gasteiger partial charge in [0.2, 0.25) is 5.91 Å². The van der Waals surface area contributed by atoms with Gasteiger partial charge in [-0.3, -0.25) is 9.59 Å². The normalized spacial score (nSPS) is 10.9. The summed E-state index contributed by atoms with van der Waals surface area (Å²) in [5.41, 5.74) is 3.54. The maximum absolute atomic E-state index is 12.1. The molecular weight excluding hydrogens is 441 g/mol. The third-order valence-electron chi connectivity index (χ3n) is 3.85. The highest BCUT2D eigenvalue weighted by molar-refractivity contribution is 6.42. The van der Waals surface area contributed by atoms with Crippen LogP contribution >= 0.6 is 23.2 Å². The van der Waals surface area contributed by atoms with E-state index in [2.05, 4.69) is 15.8 Å². The van der Waals surface area contributed by atoms with Crippen LogP contribution in [0.3, 0.4) is 0 Å². The van der Waals surface area contributed by atoms with Crippen molar-refractivity contribution in [3.8, 4) is 11.5 Å². The number of amides is 2. The van der Waals surface area contributed by atoms with Crippen LogP contribution in [0.25, 0.3) is 0 Å². The minimum atomic E-state index is -0.345. The smallest absolute Gasteiger partial charge is 0.251 e. The van der Waals surface area contributed by atoms with Gasteiger partial charge in [-0.05, 0) is 62.7 Å². The molecule has 0 aromatic heterocycles. The summed E-state index contributed by atoms with van der Waals surface area (Å²) in [6.07, 6.45) is 1.60. The van der Waals surface area contributed by atoms with Crippen LogP contribution in [-0.2, 0) is 4.79 Å². The van der Waals surface area contributed by atoms with Gasteiger partial charge in [-0.15, -0.1) is 0 Å². The average Bonchev–Trinajstić information content (AvgIpc) is 2.71. The van der Waals surface area contributed by atoms with Gasteiger partial charge in [0.05, 0.1) is 29.0 Å². The highest BCUT2D eigenvalue weighted by Crippen LogP contribution is 2.29. The van der Waals surface area contributed by atoms with Gasteiger partial charge in [0.25, 0.3) is 5.91 Å². The third-order valence-corrected chi connectivity index (χ3v) is 4.59. The first-order chi connectivity index (χ1) is 14.8. The molecule has 0 saturated heterocycles. The summed E-state index contributed by atoms with van der Waals surface area (Å²) in [5.74, 6) is 0.574. The van der Waals surface area contributed by atoms with Crippen LogP contribution in [0.5, 0.6) is 11.5 Å². The number of nitrogens with one attached hydrogen (secondary N) is 2. The average molecular weight is 466 g/mol. The Labute approximate surface area is 191 Å². The summed E-state index contributed by atoms with van der Waals surface area (Å²) in [7, 11) is 0. The van der Waals surface area contributed by atoms with Crippen LogP contribution in [0.2, 0.25) is 10.0 Å². The van der Waals surface area contributed by atoms with Crippen molar-refractivity contribution in [3.05, 3.63) is 57.6 Å². The van der Waals surface area contributed by atoms with Crippen LogP contribution < -0.4 is 20.2 Å². The molecule has 0 fully saturated rings. The van der Waals surface area contributed by atoms with Crippen molar-refractivity contribution in [2.45, 2.75) is 33.3 Å². The van der Waals surface area contributed by atoms with Gasteiger partial charge in [-0.25, -0.2) is 5.43 Å². The number of hydrazone groups is 1. The van der Waals surface area contributed by atoms with Crippen LogP contribution in [0.4, 0.5) is 0 Å². The van der Waals surface area contributed by atoms with Crippen molar-refractivity contribution in [3.63, 3.8) is 0 Å². The summed E-state index contributed by atoms with van der Waals surface area (Å²) in [6.45, 7) is 6.41. The van der Waals surface area contributed by atoms with E-state index >= 15 is 0 Å². The predicted octanol–water partition coefficient (Wildman–Crippen LogP) is 4.45. The molecule has 0 aliphatic carbocycles. The van der Waals surface area contributed by atoms with Gasteiger partial charge in [0.15, 0.2) is 11.5 Å². The molecule has 0 aliphatic heterocycles. The van der Waals surface area contributed by atoms with Crippen molar-refractivity contribution in [2.75, 3.05) is 13.2 Å². The van der Waals surface area contributed by atoms with E-state index in [0.29, 0.717) is 28.7 Å². The zero-order valence-corrected chi connectivity index (χ0v) is 19.1. The highest BCUT2D eigenvalue weighted by atomic mass is 35.5. The topological polar surface area (TPSA) is 89.0 Å². The highest BCUT2D eigenvalue weighted by Gasteiger charge is 2.09. The second-order valence-corrected chi connectivity index (χ2v) is 7.55. The molecule has 2 N–H and O–H groups in total. The second-order valence-electron chi connectivity index (χ2n) is 6.73. The van der Waals surface area contributed by atoms with Crippen molar-refractivity contribution in [2.24, 2.45) is 5.10 Å². The molecule has 2 aromatic carbocycles. The van der Waals surface area contributed by atoms with Gasteiger partial charge < -0.3 is 14.8 Å². The number of hydrogen-bond acceptors (Lipinski definition) is 5. The molecule has 0 saturated carbocycles. The lowest BCUT2D eigenvalue weighted by atomic mass is 10.2. The fourth-order valence-electron chi connectivity index (χ4n) is 2.49. The Morgan fingerprint density at radius 2 is 1.87 bits per heavy atom. The Morgan fingerprint density at radius 1 is 1.10 bits per heavy atom. The molecule has 0 bridgehead atoms. The molecule has 31 heavy (non-hydrogen) atoms. The fourth-order valence-corrected chi connectivity index (χ4v) is 2.79. The first-order valence-corrected chi connectivity index (χ1v) is 10.5. The Bertz CT molecular complexity index is 948. The van der Waals surface area contributed by atoms with Crippen LogP contribution in [0.1, 0.15) is 43.1 Å². The molecule has 7 nitrogen and oxygen atoms in total. The molecule has 2 rings (SSSR count). The molecular formula is C22H25Cl2N3O4.